The molecule has 0 spiro atoms. The van der Waals surface area contributed by atoms with E-state index in [4.69, 9.17) is 4.74 Å². The van der Waals surface area contributed by atoms with E-state index in [0.717, 1.165) is 43.6 Å². The van der Waals surface area contributed by atoms with Gasteiger partial charge in [0.15, 0.2) is 0 Å². The van der Waals surface area contributed by atoms with Gasteiger partial charge in [-0.2, -0.15) is 0 Å². The summed E-state index contributed by atoms with van der Waals surface area (Å²) in [7, 11) is -3.34. The van der Waals surface area contributed by atoms with Crippen molar-refractivity contribution in [3.05, 3.63) is 34.2 Å². The van der Waals surface area contributed by atoms with Gasteiger partial charge < -0.3 is 9.30 Å². The molecule has 0 unspecified atom stereocenters. The van der Waals surface area contributed by atoms with Gasteiger partial charge in [-0.05, 0) is 50.5 Å². The van der Waals surface area contributed by atoms with Gasteiger partial charge >= 0.3 is 0 Å². The third-order valence-electron chi connectivity index (χ3n) is 5.41. The number of hydrogen-bond acceptors (Lipinski definition) is 4. The van der Waals surface area contributed by atoms with E-state index in [0.29, 0.717) is 19.4 Å². The molecule has 2 aliphatic rings. The largest absolute Gasteiger partial charge is 0.376 e. The number of ether oxygens (including phenoxy) is 1. The molecule has 0 bridgehead atoms. The fourth-order valence-electron chi connectivity index (χ4n) is 4.03. The maximum absolute atomic E-state index is 12.4. The molecule has 25 heavy (non-hydrogen) atoms. The lowest BCUT2D eigenvalue weighted by atomic mass is 9.89. The van der Waals surface area contributed by atoms with Crippen LogP contribution < -0.4 is 10.3 Å². The Morgan fingerprint density at radius 1 is 1.20 bits per heavy atom. The van der Waals surface area contributed by atoms with E-state index >= 15 is 0 Å². The van der Waals surface area contributed by atoms with Gasteiger partial charge in [-0.1, -0.05) is 13.0 Å². The predicted octanol–water partition coefficient (Wildman–Crippen LogP) is 1.85. The van der Waals surface area contributed by atoms with Crippen molar-refractivity contribution < 1.29 is 13.2 Å². The quantitative estimate of drug-likeness (QED) is 0.860. The third kappa shape index (κ3) is 4.71. The highest BCUT2D eigenvalue weighted by atomic mass is 32.2. The second kappa shape index (κ2) is 7.60. The van der Waals surface area contributed by atoms with E-state index in [1.165, 1.54) is 6.07 Å². The normalized spacial score (nSPS) is 30.0. The highest BCUT2D eigenvalue weighted by Crippen LogP contribution is 2.29. The minimum atomic E-state index is -3.34. The van der Waals surface area contributed by atoms with Crippen molar-refractivity contribution >= 4 is 10.0 Å². The first-order valence-electron chi connectivity index (χ1n) is 9.13. The monoisotopic (exact) mass is 368 g/mol. The van der Waals surface area contributed by atoms with E-state index in [-0.39, 0.29) is 23.7 Å². The molecule has 1 saturated carbocycles. The van der Waals surface area contributed by atoms with Gasteiger partial charge in [0.1, 0.15) is 0 Å². The maximum Gasteiger partial charge on any atom is 0.251 e. The first-order valence-corrected chi connectivity index (χ1v) is 11.0. The molecular formula is C18H28N2O4S. The summed E-state index contributed by atoms with van der Waals surface area (Å²) in [6, 6.07) is 4.62. The standard InChI is InChI=1S/C18H28N2O4S/c1-13-6-9-15(10-7-13)24-12-17-16(19-25(2,22)23)11-8-14-4-3-5-18(21)20(14)17/h3-5,13,15-17,19H,6-12H2,1-2H3/t13?,15?,16-,17-/m0/s1. The van der Waals surface area contributed by atoms with Crippen LogP contribution in [0, 0.1) is 5.92 Å². The first-order chi connectivity index (χ1) is 11.8. The third-order valence-corrected chi connectivity index (χ3v) is 6.14. The molecule has 140 valence electrons. The van der Waals surface area contributed by atoms with Crippen molar-refractivity contribution in [2.75, 3.05) is 12.9 Å². The van der Waals surface area contributed by atoms with Crippen LogP contribution in [0.3, 0.4) is 0 Å². The van der Waals surface area contributed by atoms with Crippen molar-refractivity contribution in [2.45, 2.75) is 63.6 Å². The zero-order valence-electron chi connectivity index (χ0n) is 15.0. The van der Waals surface area contributed by atoms with Gasteiger partial charge in [-0.3, -0.25) is 4.79 Å². The summed E-state index contributed by atoms with van der Waals surface area (Å²) in [5.41, 5.74) is 0.855. The topological polar surface area (TPSA) is 77.4 Å². The van der Waals surface area contributed by atoms with Crippen LogP contribution in [0.25, 0.3) is 0 Å². The summed E-state index contributed by atoms with van der Waals surface area (Å²) in [4.78, 5) is 12.4. The summed E-state index contributed by atoms with van der Waals surface area (Å²) in [6.07, 6.45) is 7.13. The van der Waals surface area contributed by atoms with E-state index in [1.807, 2.05) is 6.07 Å². The zero-order chi connectivity index (χ0) is 18.0. The Morgan fingerprint density at radius 3 is 2.60 bits per heavy atom. The van der Waals surface area contributed by atoms with Crippen LogP contribution in [0.2, 0.25) is 0 Å². The Labute approximate surface area is 149 Å². The number of nitrogens with zero attached hydrogens (tertiary/aromatic N) is 1. The summed E-state index contributed by atoms with van der Waals surface area (Å²) in [5.74, 6) is 0.748. The summed E-state index contributed by atoms with van der Waals surface area (Å²) in [5, 5.41) is 0. The Hall–Kier alpha value is -1.18. The molecule has 2 atom stereocenters. The number of rotatable bonds is 5. The number of sulfonamides is 1. The average Bonchev–Trinajstić information content (AvgIpc) is 2.54. The van der Waals surface area contributed by atoms with Crippen molar-refractivity contribution in [1.29, 1.82) is 0 Å². The van der Waals surface area contributed by atoms with Gasteiger partial charge in [-0.25, -0.2) is 13.1 Å². The minimum Gasteiger partial charge on any atom is -0.376 e. The van der Waals surface area contributed by atoms with Gasteiger partial charge in [0, 0.05) is 17.8 Å². The van der Waals surface area contributed by atoms with E-state index in [9.17, 15) is 13.2 Å². The van der Waals surface area contributed by atoms with Gasteiger partial charge in [-0.15, -0.1) is 0 Å². The minimum absolute atomic E-state index is 0.0941. The predicted molar refractivity (Wildman–Crippen MR) is 97.2 cm³/mol. The number of aromatic nitrogens is 1. The fourth-order valence-corrected chi connectivity index (χ4v) is 4.86. The van der Waals surface area contributed by atoms with Crippen LogP contribution in [-0.4, -0.2) is 38.0 Å². The van der Waals surface area contributed by atoms with Gasteiger partial charge in [0.2, 0.25) is 10.0 Å². The SMILES string of the molecule is CC1CCC(OC[C@H]2[C@@H](NS(C)(=O)=O)CCc3cccc(=O)n32)CC1. The zero-order valence-corrected chi connectivity index (χ0v) is 15.8. The van der Waals surface area contributed by atoms with Crippen LogP contribution in [0.4, 0.5) is 0 Å². The molecule has 7 heteroatoms. The molecule has 1 N–H and O–H groups in total. The van der Waals surface area contributed by atoms with Gasteiger partial charge in [0.05, 0.1) is 25.0 Å². The Balaban J connectivity index is 1.79. The molecule has 1 aliphatic carbocycles. The molecule has 0 saturated heterocycles. The lowest BCUT2D eigenvalue weighted by Crippen LogP contribution is -2.49. The number of aryl methyl sites for hydroxylation is 1. The molecule has 2 heterocycles. The number of fused-ring (bicyclic) bond motifs is 1. The highest BCUT2D eigenvalue weighted by molar-refractivity contribution is 7.88. The Kier molecular flexibility index (Phi) is 5.65. The van der Waals surface area contributed by atoms with E-state index in [1.54, 1.807) is 10.6 Å². The summed E-state index contributed by atoms with van der Waals surface area (Å²) in [6.45, 7) is 2.63. The fraction of sp³-hybridized carbons (Fsp3) is 0.722. The lowest BCUT2D eigenvalue weighted by Gasteiger charge is -2.36. The maximum atomic E-state index is 12.4. The molecule has 1 fully saturated rings. The molecular weight excluding hydrogens is 340 g/mol. The Bertz CT molecular complexity index is 751. The highest BCUT2D eigenvalue weighted by Gasteiger charge is 2.33. The second-order valence-electron chi connectivity index (χ2n) is 7.54. The molecule has 3 rings (SSSR count). The number of hydrogen-bond donors (Lipinski definition) is 1. The van der Waals surface area contributed by atoms with E-state index < -0.39 is 10.0 Å². The van der Waals surface area contributed by atoms with Crippen molar-refractivity contribution in [3.8, 4) is 0 Å². The summed E-state index contributed by atoms with van der Waals surface area (Å²) < 4.78 is 34.0. The van der Waals surface area contributed by atoms with Crippen LogP contribution in [0.5, 0.6) is 0 Å². The number of pyridine rings is 1. The van der Waals surface area contributed by atoms with Crippen LogP contribution in [0.15, 0.2) is 23.0 Å². The smallest absolute Gasteiger partial charge is 0.251 e. The molecule has 1 aliphatic heterocycles. The molecule has 0 amide bonds. The van der Waals surface area contributed by atoms with Gasteiger partial charge in [0.25, 0.3) is 5.56 Å². The van der Waals surface area contributed by atoms with Crippen molar-refractivity contribution in [3.63, 3.8) is 0 Å². The van der Waals surface area contributed by atoms with Crippen molar-refractivity contribution in [1.82, 2.24) is 9.29 Å². The van der Waals surface area contributed by atoms with Crippen molar-refractivity contribution in [2.24, 2.45) is 5.92 Å². The number of nitrogens with one attached hydrogen (secondary N) is 1. The average molecular weight is 368 g/mol. The van der Waals surface area contributed by atoms with Crippen LogP contribution in [0.1, 0.15) is 50.8 Å². The van der Waals surface area contributed by atoms with Crippen LogP contribution in [-0.2, 0) is 21.2 Å². The Morgan fingerprint density at radius 2 is 1.92 bits per heavy atom. The lowest BCUT2D eigenvalue weighted by molar-refractivity contribution is -0.00534. The molecule has 1 aromatic rings. The molecule has 6 nitrogen and oxygen atoms in total. The second-order valence-corrected chi connectivity index (χ2v) is 9.32. The molecule has 0 aromatic carbocycles. The molecule has 0 radical (unpaired) electrons. The van der Waals surface area contributed by atoms with Crippen LogP contribution >= 0.6 is 0 Å². The first kappa shape index (κ1) is 18.6. The summed E-state index contributed by atoms with van der Waals surface area (Å²) >= 11 is 0. The molecule has 1 aromatic heterocycles. The van der Waals surface area contributed by atoms with E-state index in [2.05, 4.69) is 11.6 Å².